The van der Waals surface area contributed by atoms with Crippen molar-refractivity contribution < 1.29 is 13.2 Å². The first-order valence-electron chi connectivity index (χ1n) is 6.13. The van der Waals surface area contributed by atoms with Gasteiger partial charge in [0, 0.05) is 44.2 Å². The number of rotatable bonds is 5. The molecule has 2 heterocycles. The molecular formula is C10H19N3O3S2. The SMILES string of the molecule is O=C(NCCS(=O)(=O)N1CCSCC1)C1CNC1. The molecule has 18 heavy (non-hydrogen) atoms. The van der Waals surface area contributed by atoms with Crippen LogP contribution in [-0.4, -0.2) is 68.6 Å². The Morgan fingerprint density at radius 1 is 1.33 bits per heavy atom. The first-order valence-corrected chi connectivity index (χ1v) is 8.90. The van der Waals surface area contributed by atoms with Crippen molar-refractivity contribution in [2.45, 2.75) is 0 Å². The summed E-state index contributed by atoms with van der Waals surface area (Å²) in [5.74, 6) is 1.69. The van der Waals surface area contributed by atoms with E-state index in [2.05, 4.69) is 10.6 Å². The third-order valence-electron chi connectivity index (χ3n) is 3.17. The van der Waals surface area contributed by atoms with Crippen molar-refractivity contribution in [1.82, 2.24) is 14.9 Å². The zero-order valence-corrected chi connectivity index (χ0v) is 11.9. The highest BCUT2D eigenvalue weighted by Gasteiger charge is 2.26. The lowest BCUT2D eigenvalue weighted by Gasteiger charge is -2.27. The number of carbonyl (C=O) groups excluding carboxylic acids is 1. The van der Waals surface area contributed by atoms with Crippen LogP contribution in [0.15, 0.2) is 0 Å². The quantitative estimate of drug-likeness (QED) is 0.659. The van der Waals surface area contributed by atoms with Crippen molar-refractivity contribution in [3.63, 3.8) is 0 Å². The van der Waals surface area contributed by atoms with E-state index in [1.54, 1.807) is 11.8 Å². The summed E-state index contributed by atoms with van der Waals surface area (Å²) >= 11 is 1.78. The average Bonchev–Trinajstić information content (AvgIpc) is 2.27. The zero-order chi connectivity index (χ0) is 13.0. The maximum atomic E-state index is 12.0. The Bertz CT molecular complexity index is 389. The fraction of sp³-hybridized carbons (Fsp3) is 0.900. The number of nitrogens with zero attached hydrogens (tertiary/aromatic N) is 1. The molecule has 2 saturated heterocycles. The summed E-state index contributed by atoms with van der Waals surface area (Å²) in [6.07, 6.45) is 0. The second-order valence-electron chi connectivity index (χ2n) is 4.47. The van der Waals surface area contributed by atoms with Gasteiger partial charge in [-0.05, 0) is 0 Å². The van der Waals surface area contributed by atoms with E-state index < -0.39 is 10.0 Å². The third kappa shape index (κ3) is 3.59. The van der Waals surface area contributed by atoms with Crippen LogP contribution >= 0.6 is 11.8 Å². The maximum Gasteiger partial charge on any atom is 0.225 e. The number of hydrogen-bond acceptors (Lipinski definition) is 5. The van der Waals surface area contributed by atoms with Gasteiger partial charge in [0.1, 0.15) is 0 Å². The monoisotopic (exact) mass is 293 g/mol. The molecule has 0 aromatic rings. The molecule has 0 unspecified atom stereocenters. The van der Waals surface area contributed by atoms with Gasteiger partial charge in [-0.3, -0.25) is 4.79 Å². The molecule has 2 fully saturated rings. The molecule has 2 rings (SSSR count). The van der Waals surface area contributed by atoms with Crippen molar-refractivity contribution in [2.75, 3.05) is 50.0 Å². The van der Waals surface area contributed by atoms with Crippen LogP contribution in [-0.2, 0) is 14.8 Å². The van der Waals surface area contributed by atoms with Crippen LogP contribution in [0.1, 0.15) is 0 Å². The van der Waals surface area contributed by atoms with Crippen molar-refractivity contribution in [3.8, 4) is 0 Å². The summed E-state index contributed by atoms with van der Waals surface area (Å²) in [5.41, 5.74) is 0. The zero-order valence-electron chi connectivity index (χ0n) is 10.2. The molecule has 0 atom stereocenters. The molecule has 2 aliphatic heterocycles. The van der Waals surface area contributed by atoms with Gasteiger partial charge in [-0.2, -0.15) is 11.8 Å². The van der Waals surface area contributed by atoms with Crippen molar-refractivity contribution in [1.29, 1.82) is 0 Å². The molecule has 0 aliphatic carbocycles. The molecule has 6 nitrogen and oxygen atoms in total. The molecule has 0 saturated carbocycles. The van der Waals surface area contributed by atoms with E-state index in [1.165, 1.54) is 4.31 Å². The van der Waals surface area contributed by atoms with E-state index in [9.17, 15) is 13.2 Å². The lowest BCUT2D eigenvalue weighted by Crippen LogP contribution is -2.51. The molecule has 0 radical (unpaired) electrons. The van der Waals surface area contributed by atoms with Gasteiger partial charge < -0.3 is 10.6 Å². The van der Waals surface area contributed by atoms with Crippen LogP contribution < -0.4 is 10.6 Å². The molecule has 8 heteroatoms. The fourth-order valence-electron chi connectivity index (χ4n) is 1.88. The minimum atomic E-state index is -3.20. The summed E-state index contributed by atoms with van der Waals surface area (Å²) in [6.45, 7) is 2.78. The highest BCUT2D eigenvalue weighted by Crippen LogP contribution is 2.13. The van der Waals surface area contributed by atoms with E-state index in [0.717, 1.165) is 11.5 Å². The molecule has 0 aromatic heterocycles. The minimum Gasteiger partial charge on any atom is -0.355 e. The Morgan fingerprint density at radius 3 is 2.56 bits per heavy atom. The van der Waals surface area contributed by atoms with Crippen LogP contribution in [0.25, 0.3) is 0 Å². The number of sulfonamides is 1. The number of nitrogens with one attached hydrogen (secondary N) is 2. The molecule has 0 bridgehead atoms. The van der Waals surface area contributed by atoms with Gasteiger partial charge in [-0.15, -0.1) is 0 Å². The molecule has 2 aliphatic rings. The van der Waals surface area contributed by atoms with Gasteiger partial charge in [-0.25, -0.2) is 12.7 Å². The lowest BCUT2D eigenvalue weighted by atomic mass is 10.0. The molecular weight excluding hydrogens is 274 g/mol. The van der Waals surface area contributed by atoms with E-state index in [4.69, 9.17) is 0 Å². The average molecular weight is 293 g/mol. The van der Waals surface area contributed by atoms with Crippen LogP contribution in [0.4, 0.5) is 0 Å². The van der Waals surface area contributed by atoms with Gasteiger partial charge in [-0.1, -0.05) is 0 Å². The van der Waals surface area contributed by atoms with Crippen LogP contribution in [0, 0.1) is 5.92 Å². The number of carbonyl (C=O) groups is 1. The first-order chi connectivity index (χ1) is 8.59. The number of thioether (sulfide) groups is 1. The Labute approximate surface area is 112 Å². The first kappa shape index (κ1) is 14.1. The Morgan fingerprint density at radius 2 is 2.00 bits per heavy atom. The van der Waals surface area contributed by atoms with Gasteiger partial charge >= 0.3 is 0 Å². The minimum absolute atomic E-state index is 0.00353. The van der Waals surface area contributed by atoms with Gasteiger partial charge in [0.2, 0.25) is 15.9 Å². The Hall–Kier alpha value is -0.310. The van der Waals surface area contributed by atoms with Crippen molar-refractivity contribution >= 4 is 27.7 Å². The summed E-state index contributed by atoms with van der Waals surface area (Å²) in [6, 6.07) is 0. The highest BCUT2D eigenvalue weighted by molar-refractivity contribution is 7.99. The third-order valence-corrected chi connectivity index (χ3v) is 5.99. The number of amides is 1. The number of hydrogen-bond donors (Lipinski definition) is 2. The maximum absolute atomic E-state index is 12.0. The van der Waals surface area contributed by atoms with Crippen molar-refractivity contribution in [3.05, 3.63) is 0 Å². The normalized spacial score (nSPS) is 22.4. The van der Waals surface area contributed by atoms with Crippen LogP contribution in [0.3, 0.4) is 0 Å². The summed E-state index contributed by atoms with van der Waals surface area (Å²) in [7, 11) is -3.20. The summed E-state index contributed by atoms with van der Waals surface area (Å²) in [4.78, 5) is 11.5. The molecule has 1 amide bonds. The van der Waals surface area contributed by atoms with Gasteiger partial charge in [0.25, 0.3) is 0 Å². The van der Waals surface area contributed by atoms with Crippen LogP contribution in [0.5, 0.6) is 0 Å². The Kier molecular flexibility index (Phi) is 4.88. The van der Waals surface area contributed by atoms with Crippen molar-refractivity contribution in [2.24, 2.45) is 5.92 Å². The lowest BCUT2D eigenvalue weighted by molar-refractivity contribution is -0.126. The predicted molar refractivity (Wildman–Crippen MR) is 72.1 cm³/mol. The van der Waals surface area contributed by atoms with E-state index >= 15 is 0 Å². The topological polar surface area (TPSA) is 78.5 Å². The van der Waals surface area contributed by atoms with E-state index in [1.807, 2.05) is 0 Å². The van der Waals surface area contributed by atoms with E-state index in [-0.39, 0.29) is 24.1 Å². The molecule has 104 valence electrons. The van der Waals surface area contributed by atoms with Gasteiger partial charge in [0.05, 0.1) is 11.7 Å². The second-order valence-corrected chi connectivity index (χ2v) is 7.79. The standard InChI is InChI=1S/C10H19N3O3S2/c14-10(9-7-11-8-9)12-1-6-18(15,16)13-2-4-17-5-3-13/h9,11H,1-8H2,(H,12,14). The fourth-order valence-corrected chi connectivity index (χ4v) is 4.37. The van der Waals surface area contributed by atoms with E-state index in [0.29, 0.717) is 26.2 Å². The smallest absolute Gasteiger partial charge is 0.225 e. The predicted octanol–water partition coefficient (Wildman–Crippen LogP) is -1.30. The summed E-state index contributed by atoms with van der Waals surface area (Å²) < 4.78 is 25.5. The molecule has 2 N–H and O–H groups in total. The largest absolute Gasteiger partial charge is 0.355 e. The molecule has 0 spiro atoms. The second kappa shape index (κ2) is 6.23. The molecule has 0 aromatic carbocycles. The van der Waals surface area contributed by atoms with Gasteiger partial charge in [0.15, 0.2) is 0 Å². The Balaban J connectivity index is 1.72. The van der Waals surface area contributed by atoms with Crippen LogP contribution in [0.2, 0.25) is 0 Å². The summed E-state index contributed by atoms with van der Waals surface area (Å²) in [5, 5.41) is 5.70. The highest BCUT2D eigenvalue weighted by atomic mass is 32.2.